The van der Waals surface area contributed by atoms with Crippen LogP contribution in [0.15, 0.2) is 36.1 Å². The van der Waals surface area contributed by atoms with Gasteiger partial charge in [0.15, 0.2) is 0 Å². The molecule has 0 unspecified atom stereocenters. The minimum atomic E-state index is -2.03. The Bertz CT molecular complexity index is 312. The first-order valence-corrected chi connectivity index (χ1v) is 5.86. The summed E-state index contributed by atoms with van der Waals surface area (Å²) in [5.41, 5.74) is 0. The number of aliphatic hydroxyl groups is 1. The summed E-state index contributed by atoms with van der Waals surface area (Å²) in [7, 11) is 0. The average Bonchev–Trinajstić information content (AvgIpc) is 2.16. The van der Waals surface area contributed by atoms with Crippen molar-refractivity contribution in [3.8, 4) is 0 Å². The normalized spacial score (nSPS) is 13.9. The second-order valence-electron chi connectivity index (χ2n) is 3.01. The fourth-order valence-electron chi connectivity index (χ4n) is 0.760. The highest BCUT2D eigenvalue weighted by Gasteiger charge is 2.28. The van der Waals surface area contributed by atoms with Crippen molar-refractivity contribution in [3.05, 3.63) is 36.1 Å². The lowest BCUT2D eigenvalue weighted by Gasteiger charge is -2.04. The summed E-state index contributed by atoms with van der Waals surface area (Å²) in [5, 5.41) is 9.28. The molecular weight excluding hydrogens is 270 g/mol. The molecule has 0 heterocycles. The van der Waals surface area contributed by atoms with Crippen molar-refractivity contribution < 1.29 is 9.90 Å². The Morgan fingerprint density at radius 2 is 1.94 bits per heavy atom. The van der Waals surface area contributed by atoms with Gasteiger partial charge in [0.05, 0.1) is 0 Å². The fourth-order valence-corrected chi connectivity index (χ4v) is 0.924. The number of hydrogen-bond donors (Lipinski definition) is 1. The maximum absolute atomic E-state index is 11.1. The van der Waals surface area contributed by atoms with Crippen LogP contribution in [0.25, 0.3) is 0 Å². The predicted molar refractivity (Wildman–Crippen MR) is 69.2 cm³/mol. The summed E-state index contributed by atoms with van der Waals surface area (Å²) in [4.78, 5) is 11.1. The Labute approximate surface area is 110 Å². The van der Waals surface area contributed by atoms with E-state index in [-0.39, 0.29) is 5.76 Å². The van der Waals surface area contributed by atoms with Crippen molar-refractivity contribution in [2.75, 3.05) is 0 Å². The number of allylic oxidation sites excluding steroid dienone is 5. The van der Waals surface area contributed by atoms with E-state index < -0.39 is 9.58 Å². The standard InChI is InChI=1S/C11H13Cl3O2/c1-2-3-4-5-6-7-9(15)8-10(16)11(12,13)14/h4-8,15H,2-3H2,1H3/b5-4+,7-6-,9-8?. The number of unbranched alkanes of at least 4 members (excludes halogenated alkanes) is 1. The van der Waals surface area contributed by atoms with Gasteiger partial charge in [0.25, 0.3) is 3.79 Å². The van der Waals surface area contributed by atoms with Gasteiger partial charge in [-0.15, -0.1) is 0 Å². The molecule has 0 saturated carbocycles. The molecule has 16 heavy (non-hydrogen) atoms. The number of carbonyl (C=O) groups is 1. The predicted octanol–water partition coefficient (Wildman–Crippen LogP) is 4.28. The molecule has 0 atom stereocenters. The Balaban J connectivity index is 4.30. The van der Waals surface area contributed by atoms with E-state index in [0.29, 0.717) is 0 Å². The molecule has 0 aliphatic heterocycles. The molecule has 1 N–H and O–H groups in total. The number of hydrogen-bond acceptors (Lipinski definition) is 2. The van der Waals surface area contributed by atoms with Crippen molar-refractivity contribution in [1.29, 1.82) is 0 Å². The van der Waals surface area contributed by atoms with Crippen LogP contribution in [-0.4, -0.2) is 14.7 Å². The van der Waals surface area contributed by atoms with E-state index in [2.05, 4.69) is 6.92 Å². The molecule has 0 aromatic rings. The van der Waals surface area contributed by atoms with Gasteiger partial charge in [0, 0.05) is 6.08 Å². The first-order chi connectivity index (χ1) is 7.38. The minimum absolute atomic E-state index is 0.252. The van der Waals surface area contributed by atoms with Gasteiger partial charge in [-0.1, -0.05) is 66.4 Å². The van der Waals surface area contributed by atoms with E-state index in [1.54, 1.807) is 12.2 Å². The van der Waals surface area contributed by atoms with Crippen LogP contribution in [-0.2, 0) is 4.79 Å². The largest absolute Gasteiger partial charge is 0.508 e. The van der Waals surface area contributed by atoms with E-state index in [4.69, 9.17) is 34.8 Å². The van der Waals surface area contributed by atoms with Crippen molar-refractivity contribution in [2.45, 2.75) is 23.6 Å². The van der Waals surface area contributed by atoms with Gasteiger partial charge in [-0.05, 0) is 12.5 Å². The van der Waals surface area contributed by atoms with Gasteiger partial charge in [-0.3, -0.25) is 4.79 Å². The van der Waals surface area contributed by atoms with Crippen LogP contribution in [0.1, 0.15) is 19.8 Å². The highest BCUT2D eigenvalue weighted by atomic mass is 35.6. The molecule has 5 heteroatoms. The number of ketones is 1. The molecule has 0 aliphatic rings. The molecule has 0 aromatic heterocycles. The van der Waals surface area contributed by atoms with Gasteiger partial charge in [-0.2, -0.15) is 0 Å². The molecule has 0 amide bonds. The summed E-state index contributed by atoms with van der Waals surface area (Å²) in [6, 6.07) is 0. The van der Waals surface area contributed by atoms with Crippen LogP contribution in [0.2, 0.25) is 0 Å². The minimum Gasteiger partial charge on any atom is -0.508 e. The van der Waals surface area contributed by atoms with Crippen LogP contribution >= 0.6 is 34.8 Å². The highest BCUT2D eigenvalue weighted by molar-refractivity contribution is 6.77. The quantitative estimate of drug-likeness (QED) is 0.354. The summed E-state index contributed by atoms with van der Waals surface area (Å²) in [5.74, 6) is -1.03. The molecule has 90 valence electrons. The molecule has 0 aliphatic carbocycles. The third kappa shape index (κ3) is 7.80. The van der Waals surface area contributed by atoms with Gasteiger partial charge in [-0.25, -0.2) is 0 Å². The van der Waals surface area contributed by atoms with Crippen LogP contribution in [0, 0.1) is 0 Å². The maximum Gasteiger partial charge on any atom is 0.252 e. The second kappa shape index (κ2) is 7.77. The molecule has 0 fully saturated rings. The van der Waals surface area contributed by atoms with E-state index in [1.807, 2.05) is 6.08 Å². The molecule has 0 saturated heterocycles. The Hall–Kier alpha value is -0.440. The smallest absolute Gasteiger partial charge is 0.252 e. The molecule has 0 radical (unpaired) electrons. The van der Waals surface area contributed by atoms with Crippen molar-refractivity contribution in [3.63, 3.8) is 0 Å². The topological polar surface area (TPSA) is 37.3 Å². The average molecular weight is 284 g/mol. The fraction of sp³-hybridized carbons (Fsp3) is 0.364. The van der Waals surface area contributed by atoms with Gasteiger partial charge >= 0.3 is 0 Å². The monoisotopic (exact) mass is 282 g/mol. The van der Waals surface area contributed by atoms with E-state index in [1.165, 1.54) is 6.08 Å². The summed E-state index contributed by atoms with van der Waals surface area (Å²) >= 11 is 16.0. The van der Waals surface area contributed by atoms with Crippen molar-refractivity contribution in [1.82, 2.24) is 0 Å². The molecule has 0 aromatic carbocycles. The highest BCUT2D eigenvalue weighted by Crippen LogP contribution is 2.27. The van der Waals surface area contributed by atoms with Crippen LogP contribution < -0.4 is 0 Å². The first-order valence-electron chi connectivity index (χ1n) is 4.73. The van der Waals surface area contributed by atoms with E-state index in [0.717, 1.165) is 18.9 Å². The Kier molecular flexibility index (Phi) is 7.56. The Morgan fingerprint density at radius 3 is 2.44 bits per heavy atom. The third-order valence-corrected chi connectivity index (χ3v) is 2.09. The van der Waals surface area contributed by atoms with Crippen molar-refractivity contribution in [2.24, 2.45) is 0 Å². The van der Waals surface area contributed by atoms with Crippen LogP contribution in [0.4, 0.5) is 0 Å². The molecular formula is C11H13Cl3O2. The summed E-state index contributed by atoms with van der Waals surface area (Å²) < 4.78 is -2.03. The number of carbonyl (C=O) groups excluding carboxylic acids is 1. The lowest BCUT2D eigenvalue weighted by atomic mass is 10.3. The number of aliphatic hydroxyl groups excluding tert-OH is 1. The zero-order chi connectivity index (χ0) is 12.6. The van der Waals surface area contributed by atoms with Gasteiger partial charge in [0.2, 0.25) is 5.78 Å². The summed E-state index contributed by atoms with van der Waals surface area (Å²) in [6.45, 7) is 2.06. The van der Waals surface area contributed by atoms with E-state index >= 15 is 0 Å². The van der Waals surface area contributed by atoms with Crippen LogP contribution in [0.3, 0.4) is 0 Å². The van der Waals surface area contributed by atoms with E-state index in [9.17, 15) is 9.90 Å². The van der Waals surface area contributed by atoms with Gasteiger partial charge in [0.1, 0.15) is 5.76 Å². The zero-order valence-corrected chi connectivity index (χ0v) is 11.1. The maximum atomic E-state index is 11.1. The van der Waals surface area contributed by atoms with Crippen molar-refractivity contribution >= 4 is 40.6 Å². The van der Waals surface area contributed by atoms with Crippen LogP contribution in [0.5, 0.6) is 0 Å². The zero-order valence-electron chi connectivity index (χ0n) is 8.79. The molecule has 0 bridgehead atoms. The number of alkyl halides is 3. The lowest BCUT2D eigenvalue weighted by Crippen LogP contribution is -2.16. The Morgan fingerprint density at radius 1 is 1.31 bits per heavy atom. The molecule has 0 spiro atoms. The first kappa shape index (κ1) is 15.6. The number of halogens is 3. The SMILES string of the molecule is CCC/C=C/C=C\C(O)=CC(=O)C(Cl)(Cl)Cl. The lowest BCUT2D eigenvalue weighted by molar-refractivity contribution is -0.113. The summed E-state index contributed by atoms with van der Waals surface area (Å²) in [6.07, 6.45) is 9.55. The van der Waals surface area contributed by atoms with Gasteiger partial charge < -0.3 is 5.11 Å². The second-order valence-corrected chi connectivity index (χ2v) is 5.29. The third-order valence-electron chi connectivity index (χ3n) is 1.53. The molecule has 0 rings (SSSR count). The molecule has 2 nitrogen and oxygen atoms in total. The number of rotatable bonds is 5.